The van der Waals surface area contributed by atoms with Crippen LogP contribution in [0.3, 0.4) is 0 Å². The second kappa shape index (κ2) is 6.56. The maximum atomic E-state index is 9.48. The summed E-state index contributed by atoms with van der Waals surface area (Å²) in [6, 6.07) is 21.8. The van der Waals surface area contributed by atoms with Gasteiger partial charge in [0, 0.05) is 22.6 Å². The zero-order valence-corrected chi connectivity index (χ0v) is 13.5. The van der Waals surface area contributed by atoms with E-state index in [2.05, 4.69) is 41.8 Å². The minimum absolute atomic E-state index is 0.605. The first-order chi connectivity index (χ1) is 11.2. The summed E-state index contributed by atoms with van der Waals surface area (Å²) < 4.78 is 2.06. The normalized spacial score (nSPS) is 11.3. The standard InChI is InChI=1S/C20H15ClN2/c1-15-4-10-19(11-5-15)23-12-2-3-20(23)13-17(14-22)16-6-8-18(21)9-7-16/h2-13H,1H3. The topological polar surface area (TPSA) is 28.7 Å². The third kappa shape index (κ3) is 3.36. The Morgan fingerprint density at radius 3 is 2.39 bits per heavy atom. The van der Waals surface area contributed by atoms with Crippen molar-refractivity contribution in [1.29, 1.82) is 5.26 Å². The van der Waals surface area contributed by atoms with E-state index in [0.717, 1.165) is 16.9 Å². The summed E-state index contributed by atoms with van der Waals surface area (Å²) in [6.07, 6.45) is 3.89. The molecule has 0 unspecified atom stereocenters. The van der Waals surface area contributed by atoms with Gasteiger partial charge in [-0.3, -0.25) is 0 Å². The van der Waals surface area contributed by atoms with E-state index in [0.29, 0.717) is 10.6 Å². The molecule has 0 spiro atoms. The fraction of sp³-hybridized carbons (Fsp3) is 0.0500. The Kier molecular flexibility index (Phi) is 4.32. The summed E-state index contributed by atoms with van der Waals surface area (Å²) in [6.45, 7) is 2.06. The van der Waals surface area contributed by atoms with Crippen LogP contribution in [0, 0.1) is 18.3 Å². The van der Waals surface area contributed by atoms with Crippen LogP contribution in [0.4, 0.5) is 0 Å². The maximum Gasteiger partial charge on any atom is 0.0998 e. The van der Waals surface area contributed by atoms with Crippen molar-refractivity contribution in [2.75, 3.05) is 0 Å². The molecule has 2 aromatic carbocycles. The molecule has 2 nitrogen and oxygen atoms in total. The first-order valence-corrected chi connectivity index (χ1v) is 7.67. The van der Waals surface area contributed by atoms with Gasteiger partial charge in [0.2, 0.25) is 0 Å². The number of halogens is 1. The Balaban J connectivity index is 2.02. The Bertz CT molecular complexity index is 879. The van der Waals surface area contributed by atoms with Crippen molar-refractivity contribution < 1.29 is 0 Å². The molecule has 0 saturated heterocycles. The van der Waals surface area contributed by atoms with Gasteiger partial charge >= 0.3 is 0 Å². The molecule has 0 radical (unpaired) electrons. The average molecular weight is 319 g/mol. The molecule has 0 aliphatic heterocycles. The van der Waals surface area contributed by atoms with E-state index in [1.54, 1.807) is 12.1 Å². The lowest BCUT2D eigenvalue weighted by Gasteiger charge is -2.08. The molecular weight excluding hydrogens is 304 g/mol. The van der Waals surface area contributed by atoms with Crippen LogP contribution in [0.2, 0.25) is 5.02 Å². The number of aryl methyl sites for hydroxylation is 1. The molecule has 0 bridgehead atoms. The molecule has 1 heterocycles. The van der Waals surface area contributed by atoms with Crippen LogP contribution >= 0.6 is 11.6 Å². The number of nitrogens with zero attached hydrogens (tertiary/aromatic N) is 2. The highest BCUT2D eigenvalue weighted by Crippen LogP contribution is 2.22. The number of nitriles is 1. The monoisotopic (exact) mass is 318 g/mol. The van der Waals surface area contributed by atoms with Crippen LogP contribution in [-0.4, -0.2) is 4.57 Å². The summed E-state index contributed by atoms with van der Waals surface area (Å²) in [7, 11) is 0. The van der Waals surface area contributed by atoms with Gasteiger partial charge in [0.25, 0.3) is 0 Å². The van der Waals surface area contributed by atoms with E-state index >= 15 is 0 Å². The molecule has 3 aromatic rings. The van der Waals surface area contributed by atoms with E-state index in [-0.39, 0.29) is 0 Å². The van der Waals surface area contributed by atoms with Crippen LogP contribution in [0.15, 0.2) is 66.9 Å². The Morgan fingerprint density at radius 1 is 1.04 bits per heavy atom. The Hall–Kier alpha value is -2.76. The van der Waals surface area contributed by atoms with E-state index in [1.165, 1.54) is 5.56 Å². The third-order valence-electron chi connectivity index (χ3n) is 3.66. The first-order valence-electron chi connectivity index (χ1n) is 7.29. The molecule has 0 atom stereocenters. The van der Waals surface area contributed by atoms with E-state index in [4.69, 9.17) is 11.6 Å². The molecule has 0 aliphatic carbocycles. The lowest BCUT2D eigenvalue weighted by atomic mass is 10.1. The molecule has 0 amide bonds. The van der Waals surface area contributed by atoms with Gasteiger partial charge in [-0.1, -0.05) is 41.4 Å². The highest BCUT2D eigenvalue weighted by Gasteiger charge is 2.05. The SMILES string of the molecule is Cc1ccc(-n2cccc2C=C(C#N)c2ccc(Cl)cc2)cc1. The second-order valence-corrected chi connectivity index (χ2v) is 5.75. The Morgan fingerprint density at radius 2 is 1.74 bits per heavy atom. The first kappa shape index (κ1) is 15.1. The molecule has 0 aliphatic rings. The number of aromatic nitrogens is 1. The van der Waals surface area contributed by atoms with Gasteiger partial charge in [-0.2, -0.15) is 5.26 Å². The molecule has 3 heteroatoms. The fourth-order valence-electron chi connectivity index (χ4n) is 2.41. The van der Waals surface area contributed by atoms with E-state index < -0.39 is 0 Å². The second-order valence-electron chi connectivity index (χ2n) is 5.32. The summed E-state index contributed by atoms with van der Waals surface area (Å²) >= 11 is 5.91. The van der Waals surface area contributed by atoms with Gasteiger partial charge in [0.05, 0.1) is 11.6 Å². The summed E-state index contributed by atoms with van der Waals surface area (Å²) in [5.41, 5.74) is 4.71. The summed E-state index contributed by atoms with van der Waals surface area (Å²) in [4.78, 5) is 0. The Labute approximate surface area is 140 Å². The minimum atomic E-state index is 0.605. The molecule has 0 N–H and O–H groups in total. The van der Waals surface area contributed by atoms with Crippen LogP contribution in [-0.2, 0) is 0 Å². The summed E-state index contributed by atoms with van der Waals surface area (Å²) in [5, 5.41) is 10.1. The molecule has 112 valence electrons. The number of hydrogen-bond acceptors (Lipinski definition) is 1. The average Bonchev–Trinajstić information content (AvgIpc) is 3.02. The molecule has 0 saturated carbocycles. The zero-order chi connectivity index (χ0) is 16.2. The van der Waals surface area contributed by atoms with Crippen molar-refractivity contribution in [3.05, 3.63) is 88.7 Å². The highest BCUT2D eigenvalue weighted by atomic mass is 35.5. The zero-order valence-electron chi connectivity index (χ0n) is 12.7. The molecule has 1 aromatic heterocycles. The van der Waals surface area contributed by atoms with Crippen molar-refractivity contribution >= 4 is 23.3 Å². The lowest BCUT2D eigenvalue weighted by Crippen LogP contribution is -1.95. The quantitative estimate of drug-likeness (QED) is 0.586. The van der Waals surface area contributed by atoms with E-state index in [1.807, 2.05) is 36.5 Å². The highest BCUT2D eigenvalue weighted by molar-refractivity contribution is 6.30. The minimum Gasteiger partial charge on any atom is -0.317 e. The van der Waals surface area contributed by atoms with Gasteiger partial charge in [-0.25, -0.2) is 0 Å². The van der Waals surface area contributed by atoms with Crippen LogP contribution < -0.4 is 0 Å². The maximum absolute atomic E-state index is 9.48. The third-order valence-corrected chi connectivity index (χ3v) is 3.91. The number of hydrogen-bond donors (Lipinski definition) is 0. The van der Waals surface area contributed by atoms with Crippen LogP contribution in [0.1, 0.15) is 16.8 Å². The van der Waals surface area contributed by atoms with Crippen molar-refractivity contribution in [2.45, 2.75) is 6.92 Å². The van der Waals surface area contributed by atoms with Gasteiger partial charge < -0.3 is 4.57 Å². The molecule has 3 rings (SSSR count). The fourth-order valence-corrected chi connectivity index (χ4v) is 2.54. The number of rotatable bonds is 3. The molecule has 0 fully saturated rings. The van der Waals surface area contributed by atoms with Gasteiger partial charge in [-0.15, -0.1) is 0 Å². The van der Waals surface area contributed by atoms with Gasteiger partial charge in [-0.05, 0) is 55.0 Å². The predicted octanol–water partition coefficient (Wildman–Crippen LogP) is 5.50. The molecule has 23 heavy (non-hydrogen) atoms. The van der Waals surface area contributed by atoms with Crippen molar-refractivity contribution in [3.63, 3.8) is 0 Å². The molecular formula is C20H15ClN2. The smallest absolute Gasteiger partial charge is 0.0998 e. The predicted molar refractivity (Wildman–Crippen MR) is 95.4 cm³/mol. The van der Waals surface area contributed by atoms with Crippen LogP contribution in [0.25, 0.3) is 17.3 Å². The van der Waals surface area contributed by atoms with Crippen molar-refractivity contribution in [2.24, 2.45) is 0 Å². The van der Waals surface area contributed by atoms with Crippen molar-refractivity contribution in [1.82, 2.24) is 4.57 Å². The number of benzene rings is 2. The lowest BCUT2D eigenvalue weighted by molar-refractivity contribution is 1.06. The number of allylic oxidation sites excluding steroid dienone is 1. The van der Waals surface area contributed by atoms with Gasteiger partial charge in [0.15, 0.2) is 0 Å². The van der Waals surface area contributed by atoms with E-state index in [9.17, 15) is 5.26 Å². The largest absolute Gasteiger partial charge is 0.317 e. The van der Waals surface area contributed by atoms with Crippen molar-refractivity contribution in [3.8, 4) is 11.8 Å². The summed E-state index contributed by atoms with van der Waals surface area (Å²) in [5.74, 6) is 0. The van der Waals surface area contributed by atoms with Crippen LogP contribution in [0.5, 0.6) is 0 Å². The van der Waals surface area contributed by atoms with Gasteiger partial charge in [0.1, 0.15) is 0 Å².